The third-order valence-corrected chi connectivity index (χ3v) is 4.46. The van der Waals surface area contributed by atoms with E-state index >= 15 is 0 Å². The minimum Gasteiger partial charge on any atom is -0.460 e. The summed E-state index contributed by atoms with van der Waals surface area (Å²) in [6.45, 7) is 11.5. The number of hydrogen-bond acceptors (Lipinski definition) is 7. The van der Waals surface area contributed by atoms with Gasteiger partial charge < -0.3 is 13.8 Å². The molecule has 0 spiro atoms. The Labute approximate surface area is 164 Å². The van der Waals surface area contributed by atoms with Crippen LogP contribution in [0.15, 0.2) is 15.1 Å². The Kier molecular flexibility index (Phi) is 5.21. The summed E-state index contributed by atoms with van der Waals surface area (Å²) in [6.07, 6.45) is 2.53. The van der Waals surface area contributed by atoms with Crippen molar-refractivity contribution in [3.63, 3.8) is 0 Å². The average Bonchev–Trinajstić information content (AvgIpc) is 3.10. The minimum absolute atomic E-state index is 0.190. The van der Waals surface area contributed by atoms with Gasteiger partial charge in [0.2, 0.25) is 5.76 Å². The van der Waals surface area contributed by atoms with Crippen molar-refractivity contribution in [3.8, 4) is 0 Å². The summed E-state index contributed by atoms with van der Waals surface area (Å²) in [6, 6.07) is 1.65. The van der Waals surface area contributed by atoms with Crippen molar-refractivity contribution in [2.24, 2.45) is 0 Å². The summed E-state index contributed by atoms with van der Waals surface area (Å²) >= 11 is 0. The molecule has 28 heavy (non-hydrogen) atoms. The van der Waals surface area contributed by atoms with E-state index in [0.717, 1.165) is 18.4 Å². The smallest absolute Gasteiger partial charge is 0.306 e. The quantitative estimate of drug-likeness (QED) is 0.536. The van der Waals surface area contributed by atoms with E-state index in [0.29, 0.717) is 17.9 Å². The van der Waals surface area contributed by atoms with Gasteiger partial charge in [-0.05, 0) is 39.5 Å². The molecule has 0 aromatic carbocycles. The number of nitrogens with zero attached hydrogens (tertiary/aromatic N) is 2. The molecule has 1 aliphatic carbocycles. The van der Waals surface area contributed by atoms with Crippen LogP contribution >= 0.6 is 0 Å². The first-order chi connectivity index (χ1) is 13.0. The van der Waals surface area contributed by atoms with E-state index < -0.39 is 5.60 Å². The zero-order valence-electron chi connectivity index (χ0n) is 17.4. The van der Waals surface area contributed by atoms with Crippen LogP contribution in [0.4, 0.5) is 0 Å². The molecule has 0 bridgehead atoms. The SMILES string of the molecule is CC(C)(C)OC(=O)CCc1noc(C(=O)c2cc(C(C)(C)C)on2)c1C1CC1. The number of carbonyl (C=O) groups excluding carboxylic acids is 2. The van der Waals surface area contributed by atoms with Gasteiger partial charge in [0.1, 0.15) is 11.4 Å². The fourth-order valence-corrected chi connectivity index (χ4v) is 2.93. The highest BCUT2D eigenvalue weighted by molar-refractivity contribution is 6.06. The molecule has 1 fully saturated rings. The van der Waals surface area contributed by atoms with Gasteiger partial charge in [0.15, 0.2) is 5.69 Å². The first kappa shape index (κ1) is 20.3. The van der Waals surface area contributed by atoms with Crippen LogP contribution in [0.2, 0.25) is 0 Å². The highest BCUT2D eigenvalue weighted by Crippen LogP contribution is 2.44. The number of carbonyl (C=O) groups is 2. The molecule has 1 saturated carbocycles. The predicted octanol–water partition coefficient (Wildman–Crippen LogP) is 4.34. The largest absolute Gasteiger partial charge is 0.460 e. The van der Waals surface area contributed by atoms with Gasteiger partial charge in [-0.25, -0.2) is 0 Å². The minimum atomic E-state index is -0.529. The maximum Gasteiger partial charge on any atom is 0.306 e. The fraction of sp³-hybridized carbons (Fsp3) is 0.619. The van der Waals surface area contributed by atoms with Crippen LogP contribution in [-0.4, -0.2) is 27.7 Å². The molecule has 3 rings (SSSR count). The van der Waals surface area contributed by atoms with Crippen molar-refractivity contribution in [1.29, 1.82) is 0 Å². The number of aryl methyl sites for hydroxylation is 1. The summed E-state index contributed by atoms with van der Waals surface area (Å²) in [5.41, 5.74) is 0.885. The lowest BCUT2D eigenvalue weighted by atomic mass is 9.93. The maximum absolute atomic E-state index is 12.9. The first-order valence-electron chi connectivity index (χ1n) is 9.68. The molecule has 2 heterocycles. The second-order valence-electron chi connectivity index (χ2n) is 9.39. The number of rotatable bonds is 6. The Balaban J connectivity index is 1.78. The first-order valence-corrected chi connectivity index (χ1v) is 9.68. The normalized spacial score (nSPS) is 14.9. The number of esters is 1. The summed E-state index contributed by atoms with van der Waals surface area (Å²) in [7, 11) is 0. The van der Waals surface area contributed by atoms with Crippen LogP contribution < -0.4 is 0 Å². The number of aromatic nitrogens is 2. The van der Waals surface area contributed by atoms with Crippen molar-refractivity contribution in [2.45, 2.75) is 84.2 Å². The van der Waals surface area contributed by atoms with Gasteiger partial charge in [0, 0.05) is 23.5 Å². The molecule has 0 aliphatic heterocycles. The lowest BCUT2D eigenvalue weighted by Crippen LogP contribution is -2.24. The highest BCUT2D eigenvalue weighted by Gasteiger charge is 2.36. The fourth-order valence-electron chi connectivity index (χ4n) is 2.93. The third kappa shape index (κ3) is 4.69. The highest BCUT2D eigenvalue weighted by atomic mass is 16.6. The number of hydrogen-bond donors (Lipinski definition) is 0. The van der Waals surface area contributed by atoms with Gasteiger partial charge >= 0.3 is 5.97 Å². The Bertz CT molecular complexity index is 875. The van der Waals surface area contributed by atoms with E-state index in [4.69, 9.17) is 13.8 Å². The van der Waals surface area contributed by atoms with Gasteiger partial charge in [0.05, 0.1) is 12.1 Å². The monoisotopic (exact) mass is 388 g/mol. The van der Waals surface area contributed by atoms with E-state index in [1.807, 2.05) is 41.5 Å². The van der Waals surface area contributed by atoms with Gasteiger partial charge in [-0.2, -0.15) is 0 Å². The van der Waals surface area contributed by atoms with Crippen LogP contribution in [0.3, 0.4) is 0 Å². The molecule has 0 radical (unpaired) electrons. The second-order valence-corrected chi connectivity index (χ2v) is 9.39. The van der Waals surface area contributed by atoms with Crippen molar-refractivity contribution in [2.75, 3.05) is 0 Å². The van der Waals surface area contributed by atoms with Crippen molar-refractivity contribution >= 4 is 11.8 Å². The van der Waals surface area contributed by atoms with Crippen LogP contribution in [0.1, 0.15) is 100.0 Å². The van der Waals surface area contributed by atoms with Crippen molar-refractivity contribution < 1.29 is 23.4 Å². The molecule has 2 aromatic heterocycles. The summed E-state index contributed by atoms with van der Waals surface area (Å²) in [5.74, 6) is 0.449. The van der Waals surface area contributed by atoms with Gasteiger partial charge in [0.25, 0.3) is 5.78 Å². The molecule has 0 saturated heterocycles. The number of ether oxygens (including phenoxy) is 1. The van der Waals surface area contributed by atoms with Crippen LogP contribution in [-0.2, 0) is 21.4 Å². The molecule has 0 amide bonds. The van der Waals surface area contributed by atoms with Crippen LogP contribution in [0.25, 0.3) is 0 Å². The summed E-state index contributed by atoms with van der Waals surface area (Å²) < 4.78 is 16.1. The molecule has 0 N–H and O–H groups in total. The summed E-state index contributed by atoms with van der Waals surface area (Å²) in [5, 5.41) is 8.00. The maximum atomic E-state index is 12.9. The Morgan fingerprint density at radius 2 is 1.79 bits per heavy atom. The molecule has 152 valence electrons. The molecule has 7 nitrogen and oxygen atoms in total. The molecule has 0 atom stereocenters. The van der Waals surface area contributed by atoms with E-state index in [-0.39, 0.29) is 41.0 Å². The zero-order chi connectivity index (χ0) is 20.7. The Hall–Kier alpha value is -2.44. The molecular weight excluding hydrogens is 360 g/mol. The lowest BCUT2D eigenvalue weighted by molar-refractivity contribution is -0.154. The average molecular weight is 388 g/mol. The topological polar surface area (TPSA) is 95.4 Å². The van der Waals surface area contributed by atoms with Gasteiger partial charge in [-0.1, -0.05) is 31.1 Å². The van der Waals surface area contributed by atoms with Crippen molar-refractivity contribution in [1.82, 2.24) is 10.3 Å². The lowest BCUT2D eigenvalue weighted by Gasteiger charge is -2.19. The van der Waals surface area contributed by atoms with E-state index in [1.54, 1.807) is 6.07 Å². The van der Waals surface area contributed by atoms with Gasteiger partial charge in [-0.15, -0.1) is 0 Å². The Morgan fingerprint density at radius 3 is 2.32 bits per heavy atom. The van der Waals surface area contributed by atoms with Crippen molar-refractivity contribution in [3.05, 3.63) is 34.5 Å². The zero-order valence-corrected chi connectivity index (χ0v) is 17.4. The molecule has 0 unspecified atom stereocenters. The molecular formula is C21H28N2O5. The van der Waals surface area contributed by atoms with E-state index in [1.165, 1.54) is 0 Å². The molecule has 2 aromatic rings. The Morgan fingerprint density at radius 1 is 1.11 bits per heavy atom. The summed E-state index contributed by atoms with van der Waals surface area (Å²) in [4.78, 5) is 24.9. The third-order valence-electron chi connectivity index (χ3n) is 4.46. The number of ketones is 1. The molecule has 1 aliphatic rings. The molecule has 7 heteroatoms. The van der Waals surface area contributed by atoms with E-state index in [9.17, 15) is 9.59 Å². The van der Waals surface area contributed by atoms with Gasteiger partial charge in [-0.3, -0.25) is 9.59 Å². The predicted molar refractivity (Wildman–Crippen MR) is 101 cm³/mol. The standard InChI is InChI=1S/C21H28N2O5/c1-20(2,3)15-11-14(23-27-15)18(25)19-17(12-7-8-12)13(22-28-19)9-10-16(24)26-21(4,5)6/h11-12H,7-10H2,1-6H3. The second kappa shape index (κ2) is 7.18. The van der Waals surface area contributed by atoms with Crippen LogP contribution in [0, 0.1) is 0 Å². The van der Waals surface area contributed by atoms with Crippen LogP contribution in [0.5, 0.6) is 0 Å². The van der Waals surface area contributed by atoms with E-state index in [2.05, 4.69) is 10.3 Å².